The second kappa shape index (κ2) is 7.55. The third-order valence-electron chi connectivity index (χ3n) is 5.18. The number of aromatic nitrogens is 1. The van der Waals surface area contributed by atoms with Crippen LogP contribution in [-0.2, 0) is 22.5 Å². The maximum absolute atomic E-state index is 12.6. The fraction of sp³-hybridized carbons (Fsp3) is 0.286. The Morgan fingerprint density at radius 3 is 2.93 bits per heavy atom. The number of carbonyl (C=O) groups is 2. The van der Waals surface area contributed by atoms with Gasteiger partial charge in [0.05, 0.1) is 29.9 Å². The third-order valence-corrected chi connectivity index (χ3v) is 6.11. The van der Waals surface area contributed by atoms with Crippen LogP contribution < -0.4 is 10.6 Å². The van der Waals surface area contributed by atoms with Crippen LogP contribution in [0.1, 0.15) is 21.5 Å². The zero-order chi connectivity index (χ0) is 19.8. The SMILES string of the molecule is O=C1Cc2cc(C(=O)Nc3nc4ccc(CN5CCOCC5)cc4s3)ccc2N1. The Bertz CT molecular complexity index is 1100. The number of fused-ring (bicyclic) bond motifs is 2. The second-order valence-corrected chi connectivity index (χ2v) is 8.29. The summed E-state index contributed by atoms with van der Waals surface area (Å²) in [4.78, 5) is 31.0. The number of anilines is 2. The molecule has 1 saturated heterocycles. The molecule has 0 saturated carbocycles. The molecule has 3 aromatic rings. The summed E-state index contributed by atoms with van der Waals surface area (Å²) >= 11 is 1.47. The Morgan fingerprint density at radius 2 is 2.07 bits per heavy atom. The number of rotatable bonds is 4. The van der Waals surface area contributed by atoms with Crippen LogP contribution in [0.3, 0.4) is 0 Å². The maximum Gasteiger partial charge on any atom is 0.257 e. The Morgan fingerprint density at radius 1 is 1.21 bits per heavy atom. The molecule has 7 nitrogen and oxygen atoms in total. The van der Waals surface area contributed by atoms with Crippen molar-refractivity contribution >= 4 is 44.2 Å². The van der Waals surface area contributed by atoms with Gasteiger partial charge in [-0.05, 0) is 41.5 Å². The molecule has 5 rings (SSSR count). The summed E-state index contributed by atoms with van der Waals surface area (Å²) < 4.78 is 6.45. The van der Waals surface area contributed by atoms with Gasteiger partial charge in [0.15, 0.2) is 5.13 Å². The number of morpholine rings is 1. The first-order valence-corrected chi connectivity index (χ1v) is 10.4. The second-order valence-electron chi connectivity index (χ2n) is 7.26. The molecule has 1 fully saturated rings. The number of benzene rings is 2. The van der Waals surface area contributed by atoms with Gasteiger partial charge in [-0.3, -0.25) is 19.8 Å². The van der Waals surface area contributed by atoms with Crippen LogP contribution >= 0.6 is 11.3 Å². The summed E-state index contributed by atoms with van der Waals surface area (Å²) in [5.41, 5.74) is 4.25. The molecule has 0 spiro atoms. The number of ether oxygens (including phenoxy) is 1. The van der Waals surface area contributed by atoms with Crippen molar-refractivity contribution in [2.75, 3.05) is 36.9 Å². The molecule has 0 aliphatic carbocycles. The van der Waals surface area contributed by atoms with Crippen molar-refractivity contribution < 1.29 is 14.3 Å². The molecule has 2 amide bonds. The molecular formula is C21H20N4O3S. The predicted octanol–water partition coefficient (Wildman–Crippen LogP) is 2.88. The topological polar surface area (TPSA) is 83.6 Å². The van der Waals surface area contributed by atoms with E-state index >= 15 is 0 Å². The molecule has 3 heterocycles. The lowest BCUT2D eigenvalue weighted by molar-refractivity contribution is -0.115. The van der Waals surface area contributed by atoms with Gasteiger partial charge >= 0.3 is 0 Å². The number of nitrogens with one attached hydrogen (secondary N) is 2. The van der Waals surface area contributed by atoms with Crippen LogP contribution in [0, 0.1) is 0 Å². The highest BCUT2D eigenvalue weighted by molar-refractivity contribution is 7.22. The van der Waals surface area contributed by atoms with Crippen LogP contribution in [0.4, 0.5) is 10.8 Å². The largest absolute Gasteiger partial charge is 0.379 e. The summed E-state index contributed by atoms with van der Waals surface area (Å²) in [5, 5.41) is 6.23. The minimum atomic E-state index is -0.222. The molecule has 2 aliphatic rings. The van der Waals surface area contributed by atoms with Crippen LogP contribution in [0.25, 0.3) is 10.2 Å². The number of amides is 2. The first-order chi connectivity index (χ1) is 14.1. The van der Waals surface area contributed by atoms with Crippen LogP contribution in [0.5, 0.6) is 0 Å². The zero-order valence-corrected chi connectivity index (χ0v) is 16.6. The fourth-order valence-corrected chi connectivity index (χ4v) is 4.60. The van der Waals surface area contributed by atoms with Crippen molar-refractivity contribution in [3.8, 4) is 0 Å². The van der Waals surface area contributed by atoms with Crippen molar-refractivity contribution in [3.05, 3.63) is 53.1 Å². The minimum Gasteiger partial charge on any atom is -0.379 e. The molecule has 0 radical (unpaired) electrons. The molecule has 0 atom stereocenters. The van der Waals surface area contributed by atoms with Crippen molar-refractivity contribution in [3.63, 3.8) is 0 Å². The van der Waals surface area contributed by atoms with Gasteiger partial charge in [0.2, 0.25) is 5.91 Å². The third kappa shape index (κ3) is 3.87. The van der Waals surface area contributed by atoms with E-state index in [1.807, 2.05) is 6.07 Å². The monoisotopic (exact) mass is 408 g/mol. The van der Waals surface area contributed by atoms with Crippen LogP contribution in [0.2, 0.25) is 0 Å². The van der Waals surface area contributed by atoms with Gasteiger partial charge in [-0.25, -0.2) is 4.98 Å². The fourth-order valence-electron chi connectivity index (χ4n) is 3.68. The molecule has 2 N–H and O–H groups in total. The summed E-state index contributed by atoms with van der Waals surface area (Å²) in [6, 6.07) is 11.5. The van der Waals surface area contributed by atoms with Gasteiger partial charge in [-0.15, -0.1) is 0 Å². The summed E-state index contributed by atoms with van der Waals surface area (Å²) in [7, 11) is 0. The van der Waals surface area contributed by atoms with Crippen LogP contribution in [0.15, 0.2) is 36.4 Å². The number of hydrogen-bond donors (Lipinski definition) is 2. The average molecular weight is 408 g/mol. The normalized spacial score (nSPS) is 16.6. The van der Waals surface area contributed by atoms with Crippen LogP contribution in [-0.4, -0.2) is 48.0 Å². The molecule has 148 valence electrons. The molecule has 0 bridgehead atoms. The Balaban J connectivity index is 1.31. The quantitative estimate of drug-likeness (QED) is 0.694. The molecule has 2 aromatic carbocycles. The van der Waals surface area contributed by atoms with Crippen molar-refractivity contribution in [1.82, 2.24) is 9.88 Å². The molecule has 8 heteroatoms. The van der Waals surface area contributed by atoms with Gasteiger partial charge < -0.3 is 10.1 Å². The van der Waals surface area contributed by atoms with Gasteiger partial charge in [-0.2, -0.15) is 0 Å². The number of nitrogens with zero attached hydrogens (tertiary/aromatic N) is 2. The van der Waals surface area contributed by atoms with Gasteiger partial charge in [0.25, 0.3) is 5.91 Å². The number of carbonyl (C=O) groups excluding carboxylic acids is 2. The van der Waals surface area contributed by atoms with E-state index in [0.29, 0.717) is 17.1 Å². The Labute approximate surface area is 171 Å². The highest BCUT2D eigenvalue weighted by atomic mass is 32.1. The number of thiazole rings is 1. The van der Waals surface area contributed by atoms with E-state index in [4.69, 9.17) is 4.74 Å². The van der Waals surface area contributed by atoms with E-state index in [0.717, 1.165) is 54.3 Å². The predicted molar refractivity (Wildman–Crippen MR) is 112 cm³/mol. The first kappa shape index (κ1) is 18.2. The van der Waals surface area contributed by atoms with E-state index < -0.39 is 0 Å². The van der Waals surface area contributed by atoms with Crippen molar-refractivity contribution in [1.29, 1.82) is 0 Å². The summed E-state index contributed by atoms with van der Waals surface area (Å²) in [6.45, 7) is 4.35. The minimum absolute atomic E-state index is 0.0448. The lowest BCUT2D eigenvalue weighted by atomic mass is 10.1. The van der Waals surface area contributed by atoms with Gasteiger partial charge in [0, 0.05) is 30.9 Å². The lowest BCUT2D eigenvalue weighted by Gasteiger charge is -2.26. The number of hydrogen-bond acceptors (Lipinski definition) is 6. The molecule has 2 aliphatic heterocycles. The highest BCUT2D eigenvalue weighted by Gasteiger charge is 2.20. The Hall–Kier alpha value is -2.81. The van der Waals surface area contributed by atoms with Crippen molar-refractivity contribution in [2.45, 2.75) is 13.0 Å². The van der Waals surface area contributed by atoms with E-state index in [2.05, 4.69) is 32.7 Å². The van der Waals surface area contributed by atoms with Gasteiger partial charge in [0.1, 0.15) is 0 Å². The lowest BCUT2D eigenvalue weighted by Crippen LogP contribution is -2.35. The van der Waals surface area contributed by atoms with E-state index in [1.54, 1.807) is 18.2 Å². The first-order valence-electron chi connectivity index (χ1n) is 9.58. The van der Waals surface area contributed by atoms with E-state index in [-0.39, 0.29) is 11.8 Å². The Kier molecular flexibility index (Phi) is 4.75. The van der Waals surface area contributed by atoms with Crippen molar-refractivity contribution in [2.24, 2.45) is 0 Å². The standard InChI is InChI=1S/C21H20N4O3S/c26-19-11-15-10-14(2-4-16(15)22-19)20(27)24-21-23-17-3-1-13(9-18(17)29-21)12-25-5-7-28-8-6-25/h1-4,9-10H,5-8,11-12H2,(H,22,26)(H,23,24,27). The van der Waals surface area contributed by atoms with E-state index in [1.165, 1.54) is 16.9 Å². The summed E-state index contributed by atoms with van der Waals surface area (Å²) in [6.07, 6.45) is 0.309. The molecule has 0 unspecified atom stereocenters. The smallest absolute Gasteiger partial charge is 0.257 e. The molecule has 29 heavy (non-hydrogen) atoms. The van der Waals surface area contributed by atoms with Gasteiger partial charge in [-0.1, -0.05) is 17.4 Å². The zero-order valence-electron chi connectivity index (χ0n) is 15.7. The van der Waals surface area contributed by atoms with E-state index in [9.17, 15) is 9.59 Å². The maximum atomic E-state index is 12.6. The average Bonchev–Trinajstić information content (AvgIpc) is 3.29. The molecular weight excluding hydrogens is 388 g/mol. The highest BCUT2D eigenvalue weighted by Crippen LogP contribution is 2.29. The molecule has 1 aromatic heterocycles. The summed E-state index contributed by atoms with van der Waals surface area (Å²) in [5.74, 6) is -0.267.